The number of aryl methyl sites for hydroxylation is 2. The molecule has 0 aliphatic carbocycles. The molecular weight excluding hydrogens is 440 g/mol. The van der Waals surface area contributed by atoms with Crippen molar-refractivity contribution < 1.29 is 0 Å². The Hall–Kier alpha value is -0.300. The number of thiophene rings is 1. The van der Waals surface area contributed by atoms with Gasteiger partial charge in [0.2, 0.25) is 0 Å². The second kappa shape index (κ2) is 26.8. The van der Waals surface area contributed by atoms with Crippen LogP contribution in [0.4, 0.5) is 0 Å². The first-order valence-corrected chi connectivity index (χ1v) is 17.4. The highest BCUT2D eigenvalue weighted by molar-refractivity contribution is 7.08. The third-order valence-corrected chi connectivity index (χ3v) is 8.77. The van der Waals surface area contributed by atoms with Crippen LogP contribution in [0.15, 0.2) is 10.8 Å². The molecule has 0 aliphatic rings. The van der Waals surface area contributed by atoms with E-state index in [1.807, 2.05) is 11.3 Å². The van der Waals surface area contributed by atoms with Crippen molar-refractivity contribution in [2.75, 3.05) is 0 Å². The molecule has 0 spiro atoms. The molecule has 1 aromatic rings. The van der Waals surface area contributed by atoms with E-state index in [2.05, 4.69) is 24.6 Å². The second-order valence-electron chi connectivity index (χ2n) is 11.4. The van der Waals surface area contributed by atoms with Crippen LogP contribution in [-0.2, 0) is 12.8 Å². The Morgan fingerprint density at radius 3 is 0.829 bits per heavy atom. The van der Waals surface area contributed by atoms with Gasteiger partial charge in [0.25, 0.3) is 0 Å². The summed E-state index contributed by atoms with van der Waals surface area (Å²) >= 11 is 1.94. The highest BCUT2D eigenvalue weighted by atomic mass is 32.1. The van der Waals surface area contributed by atoms with E-state index >= 15 is 0 Å². The zero-order valence-electron chi connectivity index (χ0n) is 24.4. The number of rotatable bonds is 28. The van der Waals surface area contributed by atoms with E-state index in [1.165, 1.54) is 180 Å². The molecule has 0 atom stereocenters. The Morgan fingerprint density at radius 1 is 0.343 bits per heavy atom. The van der Waals surface area contributed by atoms with Crippen LogP contribution in [0.2, 0.25) is 0 Å². The zero-order valence-corrected chi connectivity index (χ0v) is 25.2. The minimum atomic E-state index is 1.33. The highest BCUT2D eigenvalue weighted by Gasteiger charge is 2.04. The number of hydrogen-bond acceptors (Lipinski definition) is 1. The van der Waals surface area contributed by atoms with Crippen molar-refractivity contribution in [3.8, 4) is 0 Å². The van der Waals surface area contributed by atoms with Crippen molar-refractivity contribution in [1.82, 2.24) is 0 Å². The van der Waals surface area contributed by atoms with E-state index in [4.69, 9.17) is 0 Å². The first kappa shape index (κ1) is 32.7. The van der Waals surface area contributed by atoms with Crippen LogP contribution in [0.5, 0.6) is 0 Å². The summed E-state index contributed by atoms with van der Waals surface area (Å²) in [5.74, 6) is 0. The Labute approximate surface area is 226 Å². The van der Waals surface area contributed by atoms with Crippen molar-refractivity contribution in [1.29, 1.82) is 0 Å². The Morgan fingerprint density at radius 2 is 0.571 bits per heavy atom. The predicted molar refractivity (Wildman–Crippen MR) is 163 cm³/mol. The van der Waals surface area contributed by atoms with Crippen LogP contribution in [0.1, 0.15) is 192 Å². The van der Waals surface area contributed by atoms with Crippen molar-refractivity contribution in [2.24, 2.45) is 0 Å². The molecule has 1 heteroatoms. The lowest BCUT2D eigenvalue weighted by molar-refractivity contribution is 0.529. The van der Waals surface area contributed by atoms with E-state index in [9.17, 15) is 0 Å². The fourth-order valence-corrected chi connectivity index (χ4v) is 6.39. The number of unbranched alkanes of at least 4 members (excludes halogenated alkanes) is 24. The average molecular weight is 505 g/mol. The summed E-state index contributed by atoms with van der Waals surface area (Å²) in [7, 11) is 0. The van der Waals surface area contributed by atoms with Gasteiger partial charge in [-0.2, -0.15) is 11.3 Å². The molecule has 0 bridgehead atoms. The minimum Gasteiger partial charge on any atom is -0.152 e. The van der Waals surface area contributed by atoms with Gasteiger partial charge in [-0.15, -0.1) is 0 Å². The zero-order chi connectivity index (χ0) is 25.1. The molecule has 0 radical (unpaired) electrons. The van der Waals surface area contributed by atoms with Crippen LogP contribution in [-0.4, -0.2) is 0 Å². The van der Waals surface area contributed by atoms with E-state index in [-0.39, 0.29) is 0 Å². The monoisotopic (exact) mass is 504 g/mol. The van der Waals surface area contributed by atoms with Gasteiger partial charge in [0.15, 0.2) is 0 Å². The lowest BCUT2D eigenvalue weighted by atomic mass is 9.99. The molecule has 0 aliphatic heterocycles. The lowest BCUT2D eigenvalue weighted by Crippen LogP contribution is -1.92. The fraction of sp³-hybridized carbons (Fsp3) is 0.882. The summed E-state index contributed by atoms with van der Waals surface area (Å²) in [6.45, 7) is 4.61. The molecule has 1 heterocycles. The van der Waals surface area contributed by atoms with Crippen molar-refractivity contribution in [3.05, 3.63) is 21.9 Å². The molecule has 0 unspecified atom stereocenters. The molecule has 206 valence electrons. The van der Waals surface area contributed by atoms with Gasteiger partial charge in [0, 0.05) is 0 Å². The van der Waals surface area contributed by atoms with Crippen LogP contribution in [0.25, 0.3) is 0 Å². The first-order chi connectivity index (χ1) is 17.4. The summed E-state index contributed by atoms with van der Waals surface area (Å²) in [4.78, 5) is 0. The Kier molecular flexibility index (Phi) is 25.0. The van der Waals surface area contributed by atoms with E-state index in [0.29, 0.717) is 0 Å². The third kappa shape index (κ3) is 21.5. The summed E-state index contributed by atoms with van der Waals surface area (Å²) < 4.78 is 0. The van der Waals surface area contributed by atoms with Crippen molar-refractivity contribution >= 4 is 11.3 Å². The molecule has 0 amide bonds. The minimum absolute atomic E-state index is 1.33. The second-order valence-corrected chi connectivity index (χ2v) is 12.2. The molecule has 0 saturated carbocycles. The normalized spacial score (nSPS) is 11.5. The molecule has 0 fully saturated rings. The van der Waals surface area contributed by atoms with Crippen LogP contribution >= 0.6 is 11.3 Å². The number of hydrogen-bond donors (Lipinski definition) is 0. The fourth-order valence-electron chi connectivity index (χ4n) is 5.46. The van der Waals surface area contributed by atoms with Gasteiger partial charge < -0.3 is 0 Å². The molecule has 1 rings (SSSR count). The maximum atomic E-state index is 2.44. The van der Waals surface area contributed by atoms with E-state index < -0.39 is 0 Å². The summed E-state index contributed by atoms with van der Waals surface area (Å²) in [6.07, 6.45) is 40.4. The maximum Gasteiger partial charge on any atom is -0.00584 e. The lowest BCUT2D eigenvalue weighted by Gasteiger charge is -2.06. The van der Waals surface area contributed by atoms with Crippen LogP contribution in [0.3, 0.4) is 0 Å². The van der Waals surface area contributed by atoms with Gasteiger partial charge in [-0.05, 0) is 47.6 Å². The van der Waals surface area contributed by atoms with E-state index in [0.717, 1.165) is 0 Å². The third-order valence-electron chi connectivity index (χ3n) is 7.93. The standard InChI is InChI=1S/C34H64S/c1-3-5-7-9-11-13-15-16-17-18-19-20-22-24-26-28-30-34-32-35-31-33(34)29-27-25-23-21-14-12-10-8-6-4-2/h31-32H,3-30H2,1-2H3. The first-order valence-electron chi connectivity index (χ1n) is 16.4. The molecule has 0 N–H and O–H groups in total. The predicted octanol–water partition coefficient (Wildman–Crippen LogP) is 13.0. The Bertz CT molecular complexity index is 516. The van der Waals surface area contributed by atoms with E-state index in [1.54, 1.807) is 11.1 Å². The van der Waals surface area contributed by atoms with Gasteiger partial charge in [-0.3, -0.25) is 0 Å². The average Bonchev–Trinajstić information content (AvgIpc) is 3.32. The molecule has 0 nitrogen and oxygen atoms in total. The van der Waals surface area contributed by atoms with Gasteiger partial charge in [-0.1, -0.05) is 168 Å². The molecule has 0 saturated heterocycles. The smallest absolute Gasteiger partial charge is 0.00584 e. The molecule has 35 heavy (non-hydrogen) atoms. The SMILES string of the molecule is CCCCCCCCCCCCCCCCCCc1cscc1CCCCCCCCCCCC. The van der Waals surface area contributed by atoms with Crippen molar-refractivity contribution in [2.45, 2.75) is 194 Å². The largest absolute Gasteiger partial charge is 0.152 e. The quantitative estimate of drug-likeness (QED) is 0.0995. The molecule has 0 aromatic carbocycles. The van der Waals surface area contributed by atoms with Crippen LogP contribution < -0.4 is 0 Å². The van der Waals surface area contributed by atoms with Gasteiger partial charge in [-0.25, -0.2) is 0 Å². The Balaban J connectivity index is 1.85. The summed E-state index contributed by atoms with van der Waals surface area (Å²) in [5, 5.41) is 4.88. The van der Waals surface area contributed by atoms with Gasteiger partial charge in [0.1, 0.15) is 0 Å². The van der Waals surface area contributed by atoms with Crippen LogP contribution in [0, 0.1) is 0 Å². The maximum absolute atomic E-state index is 2.44. The summed E-state index contributed by atoms with van der Waals surface area (Å²) in [6, 6.07) is 0. The topological polar surface area (TPSA) is 0 Å². The van der Waals surface area contributed by atoms with Gasteiger partial charge in [0.05, 0.1) is 0 Å². The van der Waals surface area contributed by atoms with Crippen molar-refractivity contribution in [3.63, 3.8) is 0 Å². The molecule has 1 aromatic heterocycles. The summed E-state index contributed by atoms with van der Waals surface area (Å²) in [5.41, 5.74) is 3.35. The highest BCUT2D eigenvalue weighted by Crippen LogP contribution is 2.21. The molecular formula is C34H64S. The van der Waals surface area contributed by atoms with Gasteiger partial charge >= 0.3 is 0 Å².